The number of carboxylic acid groups (broad SMARTS) is 1. The lowest BCUT2D eigenvalue weighted by Crippen LogP contribution is -2.14. The molecule has 54 heavy (non-hydrogen) atoms. The van der Waals surface area contributed by atoms with Gasteiger partial charge in [0.1, 0.15) is 6.10 Å². The van der Waals surface area contributed by atoms with Gasteiger partial charge in [0.25, 0.3) is 0 Å². The molecule has 5 N–H and O–H groups in total. The molecule has 0 spiro atoms. The molecule has 12 nitrogen and oxygen atoms in total. The van der Waals surface area contributed by atoms with Gasteiger partial charge >= 0.3 is 17.9 Å². The zero-order chi connectivity index (χ0) is 39.3. The number of fused-ring (bicyclic) bond motifs is 8. The van der Waals surface area contributed by atoms with Crippen LogP contribution >= 0.6 is 0 Å². The topological polar surface area (TPSA) is 183 Å². The molecule has 3 aromatic heterocycles. The van der Waals surface area contributed by atoms with Crippen molar-refractivity contribution in [1.82, 2.24) is 19.9 Å². The quantitative estimate of drug-likeness (QED) is 0.0671. The number of hydrogen-bond donors (Lipinski definition) is 4. The Morgan fingerprint density at radius 3 is 2.20 bits per heavy atom. The van der Waals surface area contributed by atoms with Crippen molar-refractivity contribution in [3.05, 3.63) is 68.8 Å². The largest absolute Gasteiger partial charge is 0.481 e. The van der Waals surface area contributed by atoms with E-state index in [2.05, 4.69) is 62.8 Å². The van der Waals surface area contributed by atoms with Gasteiger partial charge in [-0.1, -0.05) is 33.6 Å². The second-order valence-electron chi connectivity index (χ2n) is 14.4. The summed E-state index contributed by atoms with van der Waals surface area (Å²) in [5.74, 6) is 4.02. The first-order chi connectivity index (χ1) is 25.9. The number of aliphatic carboxylic acids is 1. The molecule has 0 radical (unpaired) electrons. The number of methoxy groups -OCH3 is 2. The van der Waals surface area contributed by atoms with E-state index in [1.54, 1.807) is 0 Å². The molecule has 0 aromatic carbocycles. The van der Waals surface area contributed by atoms with Gasteiger partial charge in [0.15, 0.2) is 0 Å². The van der Waals surface area contributed by atoms with Crippen molar-refractivity contribution in [2.24, 2.45) is 5.90 Å². The second kappa shape index (κ2) is 17.6. The molecule has 290 valence electrons. The van der Waals surface area contributed by atoms with Crippen molar-refractivity contribution in [2.75, 3.05) is 14.2 Å². The minimum Gasteiger partial charge on any atom is -0.481 e. The van der Waals surface area contributed by atoms with Crippen LogP contribution < -0.4 is 5.90 Å². The van der Waals surface area contributed by atoms with E-state index in [1.165, 1.54) is 19.8 Å². The summed E-state index contributed by atoms with van der Waals surface area (Å²) < 4.78 is 10.1. The number of carboxylic acids is 1. The number of aromatic nitrogens is 4. The second-order valence-corrected chi connectivity index (χ2v) is 14.4. The highest BCUT2D eigenvalue weighted by atomic mass is 16.6. The molecule has 0 fully saturated rings. The smallest absolute Gasteiger partial charge is 0.310 e. The van der Waals surface area contributed by atoms with E-state index >= 15 is 0 Å². The van der Waals surface area contributed by atoms with E-state index in [-0.39, 0.29) is 30.6 Å². The summed E-state index contributed by atoms with van der Waals surface area (Å²) in [6, 6.07) is 6.25. The van der Waals surface area contributed by atoms with E-state index < -0.39 is 18.0 Å². The summed E-state index contributed by atoms with van der Waals surface area (Å²) in [6.07, 6.45) is 4.20. The molecule has 0 aliphatic carbocycles. The molecule has 5 heterocycles. The standard InChI is InChI=1S/C42H55N5O7/c1-9-26-22(3)30-19-32-24(5)28(16-17-37(48)49)41(46-32)29(18-39(51)53-8)42-40(36(54-43)14-12-11-13-15-38(50)52-7)25(6)33(47-42)21-35-27(10-2)23(4)31(45-35)20-34(26)44-30/h19-21,24,28,36,44,47H,9-18,43H2,1-8H3,(H,48,49)/t24-,28-,36?/m0/s1. The lowest BCUT2D eigenvalue weighted by molar-refractivity contribution is -0.141. The Morgan fingerprint density at radius 1 is 0.852 bits per heavy atom. The van der Waals surface area contributed by atoms with Gasteiger partial charge in [-0.3, -0.25) is 24.2 Å². The first-order valence-corrected chi connectivity index (χ1v) is 19.0. The van der Waals surface area contributed by atoms with Crippen LogP contribution in [0, 0.1) is 13.8 Å². The van der Waals surface area contributed by atoms with E-state index in [9.17, 15) is 19.5 Å². The maximum atomic E-state index is 13.3. The van der Waals surface area contributed by atoms with Crippen LogP contribution in [0.25, 0.3) is 33.2 Å². The summed E-state index contributed by atoms with van der Waals surface area (Å²) in [6.45, 7) is 12.6. The Kier molecular flexibility index (Phi) is 13.1. The molecule has 3 aromatic rings. The number of nitrogens with one attached hydrogen (secondary N) is 2. The highest BCUT2D eigenvalue weighted by Crippen LogP contribution is 2.44. The molecule has 1 unspecified atom stereocenters. The molecule has 0 saturated carbocycles. The molecule has 0 amide bonds. The number of ether oxygens (including phenoxy) is 2. The molecule has 8 bridgehead atoms. The van der Waals surface area contributed by atoms with Gasteiger partial charge in [0.05, 0.1) is 43.2 Å². The number of aryl methyl sites for hydroxylation is 3. The minimum atomic E-state index is -0.902. The Labute approximate surface area is 316 Å². The van der Waals surface area contributed by atoms with Crippen LogP contribution in [-0.4, -0.2) is 57.2 Å². The number of esters is 2. The molecule has 12 heteroatoms. The number of unbranched alkanes of at least 4 members (excludes halogenated alkanes) is 2. The number of H-pyrrole nitrogens is 2. The van der Waals surface area contributed by atoms with Gasteiger partial charge in [-0.05, 0) is 98.9 Å². The van der Waals surface area contributed by atoms with Crippen LogP contribution in [0.3, 0.4) is 0 Å². The number of nitrogens with two attached hydrogens (primary N) is 1. The Balaban J connectivity index is 1.91. The Bertz CT molecular complexity index is 2110. The number of hydrogen-bond acceptors (Lipinski definition) is 9. The van der Waals surface area contributed by atoms with Crippen LogP contribution in [0.5, 0.6) is 0 Å². The number of rotatable bonds is 15. The number of nitrogens with zero attached hydrogens (tertiary/aromatic N) is 2. The third kappa shape index (κ3) is 8.29. The van der Waals surface area contributed by atoms with Gasteiger partial charge in [-0.25, -0.2) is 10.9 Å². The maximum Gasteiger partial charge on any atom is 0.310 e. The van der Waals surface area contributed by atoms with Crippen molar-refractivity contribution < 1.29 is 33.8 Å². The fraction of sp³-hybridized carbons (Fsp3) is 0.500. The van der Waals surface area contributed by atoms with Crippen molar-refractivity contribution >= 4 is 51.1 Å². The van der Waals surface area contributed by atoms with Crippen molar-refractivity contribution in [3.63, 3.8) is 0 Å². The molecule has 2 aliphatic rings. The summed E-state index contributed by atoms with van der Waals surface area (Å²) in [5.41, 5.74) is 13.4. The molecule has 5 rings (SSSR count). The third-order valence-corrected chi connectivity index (χ3v) is 11.3. The zero-order valence-corrected chi connectivity index (χ0v) is 32.9. The van der Waals surface area contributed by atoms with E-state index in [0.29, 0.717) is 42.5 Å². The lowest BCUT2D eigenvalue weighted by atomic mass is 9.84. The number of allylic oxidation sites excluding steroid dienone is 2. The summed E-state index contributed by atoms with van der Waals surface area (Å²) >= 11 is 0. The first kappa shape index (κ1) is 40.4. The molecular formula is C42H55N5O7. The van der Waals surface area contributed by atoms with Crippen molar-refractivity contribution in [3.8, 4) is 0 Å². The normalized spacial score (nSPS) is 16.1. The van der Waals surface area contributed by atoms with E-state index in [0.717, 1.165) is 87.2 Å². The fourth-order valence-corrected chi connectivity index (χ4v) is 8.14. The van der Waals surface area contributed by atoms with Gasteiger partial charge in [-0.15, -0.1) is 0 Å². The average Bonchev–Trinajstić information content (AvgIpc) is 3.83. The monoisotopic (exact) mass is 741 g/mol. The number of carbonyl (C=O) groups is 3. The molecule has 2 aliphatic heterocycles. The van der Waals surface area contributed by atoms with Gasteiger partial charge < -0.3 is 24.5 Å². The van der Waals surface area contributed by atoms with Crippen LogP contribution in [0.1, 0.15) is 148 Å². The highest BCUT2D eigenvalue weighted by molar-refractivity contribution is 5.93. The Morgan fingerprint density at radius 2 is 1.56 bits per heavy atom. The summed E-state index contributed by atoms with van der Waals surface area (Å²) in [4.78, 5) is 60.5. The van der Waals surface area contributed by atoms with Gasteiger partial charge in [0, 0.05) is 58.0 Å². The maximum absolute atomic E-state index is 13.3. The molecule has 3 atom stereocenters. The van der Waals surface area contributed by atoms with Crippen LogP contribution in [-0.2, 0) is 41.5 Å². The fourth-order valence-electron chi connectivity index (χ4n) is 8.14. The van der Waals surface area contributed by atoms with Crippen molar-refractivity contribution in [1.29, 1.82) is 0 Å². The van der Waals surface area contributed by atoms with Crippen LogP contribution in [0.4, 0.5) is 0 Å². The van der Waals surface area contributed by atoms with Crippen LogP contribution in [0.2, 0.25) is 0 Å². The minimum absolute atomic E-state index is 0.0624. The van der Waals surface area contributed by atoms with Crippen LogP contribution in [0.15, 0.2) is 18.2 Å². The number of aromatic amines is 2. The predicted molar refractivity (Wildman–Crippen MR) is 209 cm³/mol. The first-order valence-electron chi connectivity index (χ1n) is 19.0. The third-order valence-electron chi connectivity index (χ3n) is 11.3. The van der Waals surface area contributed by atoms with Gasteiger partial charge in [-0.2, -0.15) is 0 Å². The summed E-state index contributed by atoms with van der Waals surface area (Å²) in [7, 11) is 2.74. The van der Waals surface area contributed by atoms with Gasteiger partial charge in [0.2, 0.25) is 0 Å². The SMILES string of the molecule is CCC1=C(C)c2cc3[nH]c(cc4nc(c(CC(=O)OC)c5[nH]c(cc1n2)c(C)c5C(CCCCCC(=O)OC)ON)[C@@H](CCC(=O)O)[C@@H]4C)c(C)c3CC. The average molecular weight is 742 g/mol. The summed E-state index contributed by atoms with van der Waals surface area (Å²) in [5, 5.41) is 9.81. The lowest BCUT2D eigenvalue weighted by Gasteiger charge is -2.19. The number of carbonyl (C=O) groups excluding carboxylic acids is 2. The van der Waals surface area contributed by atoms with E-state index in [4.69, 9.17) is 30.2 Å². The molecule has 0 saturated heterocycles. The molecular weight excluding hydrogens is 686 g/mol. The van der Waals surface area contributed by atoms with Crippen molar-refractivity contribution in [2.45, 2.75) is 124 Å². The zero-order valence-electron chi connectivity index (χ0n) is 32.9. The highest BCUT2D eigenvalue weighted by Gasteiger charge is 2.34. The Hall–Kier alpha value is -4.81. The van der Waals surface area contributed by atoms with E-state index in [1.807, 2.05) is 6.92 Å². The predicted octanol–water partition coefficient (Wildman–Crippen LogP) is 8.36.